The summed E-state index contributed by atoms with van der Waals surface area (Å²) in [5, 5.41) is 4.52. The normalized spacial score (nSPS) is 17.4. The number of nitrogens with one attached hydrogen (secondary N) is 1. The third-order valence-corrected chi connectivity index (χ3v) is 4.77. The van der Waals surface area contributed by atoms with Gasteiger partial charge in [-0.15, -0.1) is 0 Å². The molecule has 0 radical (unpaired) electrons. The lowest BCUT2D eigenvalue weighted by atomic mass is 10.1. The summed E-state index contributed by atoms with van der Waals surface area (Å²) in [6.45, 7) is 0.554. The van der Waals surface area contributed by atoms with Crippen LogP contribution in [0.25, 0.3) is 17.0 Å². The van der Waals surface area contributed by atoms with Crippen molar-refractivity contribution in [1.29, 1.82) is 0 Å². The van der Waals surface area contributed by atoms with E-state index in [-0.39, 0.29) is 5.91 Å². The van der Waals surface area contributed by atoms with Crippen LogP contribution in [-0.4, -0.2) is 16.1 Å². The average molecular weight is 345 g/mol. The van der Waals surface area contributed by atoms with E-state index in [4.69, 9.17) is 0 Å². The number of amides is 1. The first-order valence-corrected chi connectivity index (χ1v) is 8.74. The van der Waals surface area contributed by atoms with E-state index in [0.717, 1.165) is 22.0 Å². The van der Waals surface area contributed by atoms with E-state index in [1.165, 1.54) is 11.8 Å². The van der Waals surface area contributed by atoms with Crippen LogP contribution in [0.4, 0.5) is 0 Å². The van der Waals surface area contributed by atoms with E-state index in [2.05, 4.69) is 15.3 Å². The van der Waals surface area contributed by atoms with E-state index < -0.39 is 0 Å². The number of nitrogens with zero attached hydrogens (tertiary/aromatic N) is 2. The summed E-state index contributed by atoms with van der Waals surface area (Å²) >= 11 is 1.37. The van der Waals surface area contributed by atoms with E-state index in [1.807, 2.05) is 66.7 Å². The SMILES string of the molecule is O=C1NC(=NCc2ccccc2)SC1=Cc1ccc2ncccc2c1. The van der Waals surface area contributed by atoms with Crippen molar-refractivity contribution in [1.82, 2.24) is 10.3 Å². The summed E-state index contributed by atoms with van der Waals surface area (Å²) in [6, 6.07) is 19.9. The Balaban J connectivity index is 1.54. The maximum absolute atomic E-state index is 12.2. The number of pyridine rings is 1. The lowest BCUT2D eigenvalue weighted by molar-refractivity contribution is -0.115. The number of thioether (sulfide) groups is 1. The van der Waals surface area contributed by atoms with Gasteiger partial charge in [-0.2, -0.15) is 0 Å². The Morgan fingerprint density at radius 3 is 2.84 bits per heavy atom. The number of carbonyl (C=O) groups excluding carboxylic acids is 1. The second-order valence-corrected chi connectivity index (χ2v) is 6.66. The molecule has 1 N–H and O–H groups in total. The van der Waals surface area contributed by atoms with Crippen molar-refractivity contribution in [3.8, 4) is 0 Å². The van der Waals surface area contributed by atoms with Gasteiger partial charge in [0.05, 0.1) is 17.0 Å². The maximum Gasteiger partial charge on any atom is 0.264 e. The molecule has 4 nitrogen and oxygen atoms in total. The third-order valence-electron chi connectivity index (χ3n) is 3.82. The van der Waals surface area contributed by atoms with Crippen molar-refractivity contribution in [3.05, 3.63) is 82.9 Å². The van der Waals surface area contributed by atoms with E-state index >= 15 is 0 Å². The van der Waals surface area contributed by atoms with Crippen LogP contribution in [0.5, 0.6) is 0 Å². The number of carbonyl (C=O) groups is 1. The fraction of sp³-hybridized carbons (Fsp3) is 0.0500. The van der Waals surface area contributed by atoms with Gasteiger partial charge in [-0.1, -0.05) is 42.5 Å². The van der Waals surface area contributed by atoms with Crippen LogP contribution in [-0.2, 0) is 11.3 Å². The monoisotopic (exact) mass is 345 g/mol. The number of rotatable bonds is 3. The molecule has 25 heavy (non-hydrogen) atoms. The quantitative estimate of drug-likeness (QED) is 0.730. The van der Waals surface area contributed by atoms with Gasteiger partial charge in [0.1, 0.15) is 0 Å². The largest absolute Gasteiger partial charge is 0.301 e. The molecule has 1 fully saturated rings. The minimum absolute atomic E-state index is 0.108. The highest BCUT2D eigenvalue weighted by Crippen LogP contribution is 2.27. The summed E-state index contributed by atoms with van der Waals surface area (Å²) in [6.07, 6.45) is 3.66. The third kappa shape index (κ3) is 3.61. The predicted octanol–water partition coefficient (Wildman–Crippen LogP) is 3.99. The van der Waals surface area contributed by atoms with E-state index in [0.29, 0.717) is 16.6 Å². The Hall–Kier alpha value is -2.92. The van der Waals surface area contributed by atoms with Crippen molar-refractivity contribution >= 4 is 39.8 Å². The molecule has 1 amide bonds. The van der Waals surface area contributed by atoms with Crippen LogP contribution in [0.15, 0.2) is 76.8 Å². The molecule has 0 spiro atoms. The topological polar surface area (TPSA) is 54.4 Å². The van der Waals surface area contributed by atoms with Crippen LogP contribution in [0.1, 0.15) is 11.1 Å². The molecule has 122 valence electrons. The summed E-state index contributed by atoms with van der Waals surface area (Å²) in [5.41, 5.74) is 3.03. The molecule has 4 rings (SSSR count). The Bertz CT molecular complexity index is 996. The Morgan fingerprint density at radius 2 is 1.96 bits per heavy atom. The van der Waals surface area contributed by atoms with Gasteiger partial charge in [0.15, 0.2) is 5.17 Å². The average Bonchev–Trinajstić information content (AvgIpc) is 3.00. The van der Waals surface area contributed by atoms with Crippen LogP contribution < -0.4 is 5.32 Å². The number of amidine groups is 1. The minimum atomic E-state index is -0.108. The Kier molecular flexibility index (Phi) is 4.31. The van der Waals surface area contributed by atoms with Crippen molar-refractivity contribution < 1.29 is 4.79 Å². The number of benzene rings is 2. The van der Waals surface area contributed by atoms with Gasteiger partial charge in [-0.3, -0.25) is 14.8 Å². The Morgan fingerprint density at radius 1 is 1.08 bits per heavy atom. The van der Waals surface area contributed by atoms with Gasteiger partial charge in [-0.05, 0) is 47.2 Å². The molecule has 0 atom stereocenters. The fourth-order valence-corrected chi connectivity index (χ4v) is 3.40. The number of fused-ring (bicyclic) bond motifs is 1. The van der Waals surface area contributed by atoms with Gasteiger partial charge in [0.25, 0.3) is 5.91 Å². The molecule has 1 saturated heterocycles. The van der Waals surface area contributed by atoms with Gasteiger partial charge in [-0.25, -0.2) is 0 Å². The molecule has 0 bridgehead atoms. The zero-order valence-corrected chi connectivity index (χ0v) is 14.2. The summed E-state index contributed by atoms with van der Waals surface area (Å²) in [5.74, 6) is -0.108. The van der Waals surface area contributed by atoms with Gasteiger partial charge in [0.2, 0.25) is 0 Å². The summed E-state index contributed by atoms with van der Waals surface area (Å²) < 4.78 is 0. The summed E-state index contributed by atoms with van der Waals surface area (Å²) in [7, 11) is 0. The van der Waals surface area contributed by atoms with Crippen LogP contribution >= 0.6 is 11.8 Å². The van der Waals surface area contributed by atoms with Crippen LogP contribution in [0.3, 0.4) is 0 Å². The molecular weight excluding hydrogens is 330 g/mol. The standard InChI is InChI=1S/C20H15N3OS/c24-19-18(12-15-8-9-17-16(11-15)7-4-10-21-17)25-20(23-19)22-13-14-5-2-1-3-6-14/h1-12H,13H2,(H,22,23,24). The highest BCUT2D eigenvalue weighted by Gasteiger charge is 2.23. The molecule has 2 aromatic carbocycles. The van der Waals surface area contributed by atoms with Crippen molar-refractivity contribution in [2.75, 3.05) is 0 Å². The molecule has 3 aromatic rings. The molecule has 0 aliphatic carbocycles. The number of hydrogen-bond acceptors (Lipinski definition) is 4. The first-order valence-electron chi connectivity index (χ1n) is 7.92. The summed E-state index contributed by atoms with van der Waals surface area (Å²) in [4.78, 5) is 21.6. The maximum atomic E-state index is 12.2. The molecule has 2 heterocycles. The lowest BCUT2D eigenvalue weighted by Gasteiger charge is -1.99. The van der Waals surface area contributed by atoms with E-state index in [1.54, 1.807) is 6.20 Å². The van der Waals surface area contributed by atoms with Gasteiger partial charge in [0, 0.05) is 11.6 Å². The lowest BCUT2D eigenvalue weighted by Crippen LogP contribution is -2.19. The number of hydrogen-bond donors (Lipinski definition) is 1. The molecule has 1 aliphatic rings. The minimum Gasteiger partial charge on any atom is -0.301 e. The van der Waals surface area contributed by atoms with Crippen molar-refractivity contribution in [2.24, 2.45) is 4.99 Å². The molecule has 0 unspecified atom stereocenters. The zero-order chi connectivity index (χ0) is 17.1. The second kappa shape index (κ2) is 6.91. The van der Waals surface area contributed by atoms with Crippen molar-refractivity contribution in [2.45, 2.75) is 6.54 Å². The smallest absolute Gasteiger partial charge is 0.264 e. The fourth-order valence-electron chi connectivity index (χ4n) is 2.58. The molecule has 0 saturated carbocycles. The molecular formula is C20H15N3OS. The first kappa shape index (κ1) is 15.6. The van der Waals surface area contributed by atoms with Crippen LogP contribution in [0, 0.1) is 0 Å². The predicted molar refractivity (Wildman–Crippen MR) is 103 cm³/mol. The van der Waals surface area contributed by atoms with Gasteiger partial charge >= 0.3 is 0 Å². The van der Waals surface area contributed by atoms with Crippen molar-refractivity contribution in [3.63, 3.8) is 0 Å². The number of aliphatic imine (C=N–C) groups is 1. The zero-order valence-electron chi connectivity index (χ0n) is 13.3. The Labute approximate surface area is 149 Å². The van der Waals surface area contributed by atoms with Crippen LogP contribution in [0.2, 0.25) is 0 Å². The number of aromatic nitrogens is 1. The first-order chi connectivity index (χ1) is 12.3. The van der Waals surface area contributed by atoms with Gasteiger partial charge < -0.3 is 5.32 Å². The molecule has 5 heteroatoms. The highest BCUT2D eigenvalue weighted by atomic mass is 32.2. The second-order valence-electron chi connectivity index (χ2n) is 5.63. The molecule has 1 aromatic heterocycles. The molecule has 1 aliphatic heterocycles. The highest BCUT2D eigenvalue weighted by molar-refractivity contribution is 8.18. The van der Waals surface area contributed by atoms with E-state index in [9.17, 15) is 4.79 Å².